The lowest BCUT2D eigenvalue weighted by atomic mass is 10.3. The summed E-state index contributed by atoms with van der Waals surface area (Å²) in [6, 6.07) is 1.69. The zero-order valence-electron chi connectivity index (χ0n) is 11.3. The minimum absolute atomic E-state index is 0.0515. The molecule has 2 rings (SSSR count). The minimum atomic E-state index is -0.592. The number of rotatable bonds is 4. The van der Waals surface area contributed by atoms with Gasteiger partial charge in [-0.3, -0.25) is 4.79 Å². The van der Waals surface area contributed by atoms with E-state index in [1.807, 2.05) is 0 Å². The molecule has 0 N–H and O–H groups in total. The summed E-state index contributed by atoms with van der Waals surface area (Å²) >= 11 is 1.13. The molecule has 0 amide bonds. The molecule has 0 atom stereocenters. The Morgan fingerprint density at radius 3 is 2.70 bits per heavy atom. The van der Waals surface area contributed by atoms with Crippen molar-refractivity contribution in [2.24, 2.45) is 0 Å². The van der Waals surface area contributed by atoms with E-state index in [1.54, 1.807) is 26.1 Å². The van der Waals surface area contributed by atoms with Gasteiger partial charge < -0.3 is 4.74 Å². The lowest BCUT2D eigenvalue weighted by Crippen LogP contribution is -2.09. The van der Waals surface area contributed by atoms with Crippen molar-refractivity contribution in [3.05, 3.63) is 28.7 Å². The van der Waals surface area contributed by atoms with E-state index in [9.17, 15) is 9.59 Å². The molecule has 0 aliphatic carbocycles. The Hall–Kier alpha value is -2.15. The predicted molar refractivity (Wildman–Crippen MR) is 73.8 cm³/mol. The first-order chi connectivity index (χ1) is 9.52. The van der Waals surface area contributed by atoms with Crippen molar-refractivity contribution in [2.75, 3.05) is 6.61 Å². The van der Waals surface area contributed by atoms with Crippen LogP contribution in [0, 0.1) is 6.92 Å². The molecule has 0 aliphatic rings. The van der Waals surface area contributed by atoms with Gasteiger partial charge in [0.15, 0.2) is 11.5 Å². The van der Waals surface area contributed by atoms with Gasteiger partial charge in [0, 0.05) is 13.1 Å². The number of thiazole rings is 1. The van der Waals surface area contributed by atoms with Crippen molar-refractivity contribution >= 4 is 23.1 Å². The molecule has 0 fully saturated rings. The number of nitrogens with zero attached hydrogens (tertiary/aromatic N) is 3. The smallest absolute Gasteiger partial charge is 0.358 e. The van der Waals surface area contributed by atoms with Crippen molar-refractivity contribution in [1.29, 1.82) is 0 Å². The van der Waals surface area contributed by atoms with Crippen LogP contribution < -0.4 is 0 Å². The van der Waals surface area contributed by atoms with E-state index >= 15 is 0 Å². The van der Waals surface area contributed by atoms with Crippen molar-refractivity contribution in [1.82, 2.24) is 15.0 Å². The zero-order valence-corrected chi connectivity index (χ0v) is 12.2. The van der Waals surface area contributed by atoms with Gasteiger partial charge in [-0.05, 0) is 19.9 Å². The maximum absolute atomic E-state index is 11.8. The van der Waals surface area contributed by atoms with Gasteiger partial charge in [0.25, 0.3) is 0 Å². The van der Waals surface area contributed by atoms with Gasteiger partial charge >= 0.3 is 5.97 Å². The third kappa shape index (κ3) is 2.88. The highest BCUT2D eigenvalue weighted by atomic mass is 32.1. The summed E-state index contributed by atoms with van der Waals surface area (Å²) in [5.41, 5.74) is 0.635. The number of hydrogen-bond donors (Lipinski definition) is 0. The fourth-order valence-electron chi connectivity index (χ4n) is 1.58. The Labute approximate surface area is 119 Å². The number of hydrogen-bond acceptors (Lipinski definition) is 7. The molecule has 2 aromatic heterocycles. The van der Waals surface area contributed by atoms with Crippen LogP contribution in [0.2, 0.25) is 0 Å². The topological polar surface area (TPSA) is 82.0 Å². The van der Waals surface area contributed by atoms with Gasteiger partial charge in [-0.25, -0.2) is 19.7 Å². The highest BCUT2D eigenvalue weighted by molar-refractivity contribution is 7.17. The second-order valence-electron chi connectivity index (χ2n) is 3.96. The number of ether oxygens (including phenoxy) is 1. The van der Waals surface area contributed by atoms with Crippen LogP contribution in [0.5, 0.6) is 0 Å². The summed E-state index contributed by atoms with van der Waals surface area (Å²) in [6.45, 7) is 5.09. The average molecular weight is 291 g/mol. The summed E-state index contributed by atoms with van der Waals surface area (Å²) in [5.74, 6) is -0.215. The standard InChI is InChI=1S/C13H13N3O3S/c1-4-19-13(18)10-11(7(2)17)20-12(16-10)9-5-6-14-8(3)15-9/h5-6H,4H2,1-3H3. The van der Waals surface area contributed by atoms with Crippen molar-refractivity contribution in [3.8, 4) is 10.7 Å². The Morgan fingerprint density at radius 1 is 1.35 bits per heavy atom. The summed E-state index contributed by atoms with van der Waals surface area (Å²) in [5, 5.41) is 0.503. The molecule has 2 aromatic rings. The number of carbonyl (C=O) groups excluding carboxylic acids is 2. The number of ketones is 1. The molecule has 0 unspecified atom stereocenters. The maximum atomic E-state index is 11.8. The zero-order chi connectivity index (χ0) is 14.7. The molecule has 0 aliphatic heterocycles. The molecule has 0 saturated heterocycles. The van der Waals surface area contributed by atoms with Gasteiger partial charge in [-0.2, -0.15) is 0 Å². The lowest BCUT2D eigenvalue weighted by molar-refractivity contribution is 0.0517. The number of aromatic nitrogens is 3. The molecule has 2 heterocycles. The first kappa shape index (κ1) is 14.3. The van der Waals surface area contributed by atoms with Gasteiger partial charge in [0.05, 0.1) is 6.61 Å². The van der Waals surface area contributed by atoms with Crippen LogP contribution in [0.15, 0.2) is 12.3 Å². The van der Waals surface area contributed by atoms with Gasteiger partial charge in [0.2, 0.25) is 0 Å². The molecule has 6 nitrogen and oxygen atoms in total. The quantitative estimate of drug-likeness (QED) is 0.635. The summed E-state index contributed by atoms with van der Waals surface area (Å²) in [4.78, 5) is 36.2. The van der Waals surface area contributed by atoms with Crippen LogP contribution in [0.3, 0.4) is 0 Å². The normalized spacial score (nSPS) is 10.3. The molecular formula is C13H13N3O3S. The summed E-state index contributed by atoms with van der Waals surface area (Å²) in [7, 11) is 0. The summed E-state index contributed by atoms with van der Waals surface area (Å²) < 4.78 is 4.91. The molecule has 0 radical (unpaired) electrons. The lowest BCUT2D eigenvalue weighted by Gasteiger charge is -1.98. The van der Waals surface area contributed by atoms with Crippen LogP contribution >= 0.6 is 11.3 Å². The van der Waals surface area contributed by atoms with Gasteiger partial charge in [0.1, 0.15) is 21.4 Å². The number of esters is 1. The highest BCUT2D eigenvalue weighted by Gasteiger charge is 2.23. The van der Waals surface area contributed by atoms with E-state index in [-0.39, 0.29) is 23.0 Å². The first-order valence-corrected chi connectivity index (χ1v) is 6.83. The highest BCUT2D eigenvalue weighted by Crippen LogP contribution is 2.27. The van der Waals surface area contributed by atoms with E-state index in [2.05, 4.69) is 15.0 Å². The second kappa shape index (κ2) is 5.87. The Kier molecular flexibility index (Phi) is 4.19. The maximum Gasteiger partial charge on any atom is 0.358 e. The third-order valence-corrected chi connectivity index (χ3v) is 3.59. The van der Waals surface area contributed by atoms with E-state index in [1.165, 1.54) is 6.92 Å². The molecule has 0 spiro atoms. The Bertz CT molecular complexity index is 667. The Balaban J connectivity index is 2.49. The summed E-state index contributed by atoms with van der Waals surface area (Å²) in [6.07, 6.45) is 1.61. The first-order valence-electron chi connectivity index (χ1n) is 6.01. The number of carbonyl (C=O) groups is 2. The van der Waals surface area contributed by atoms with Crippen molar-refractivity contribution in [3.63, 3.8) is 0 Å². The minimum Gasteiger partial charge on any atom is -0.461 e. The average Bonchev–Trinajstić information content (AvgIpc) is 2.84. The molecule has 0 bridgehead atoms. The predicted octanol–water partition coefficient (Wildman–Crippen LogP) is 2.29. The van der Waals surface area contributed by atoms with Crippen molar-refractivity contribution < 1.29 is 14.3 Å². The van der Waals surface area contributed by atoms with Crippen LogP contribution in [-0.4, -0.2) is 33.3 Å². The number of aryl methyl sites for hydroxylation is 1. The largest absolute Gasteiger partial charge is 0.461 e. The molecular weight excluding hydrogens is 278 g/mol. The molecule has 104 valence electrons. The van der Waals surface area contributed by atoms with Gasteiger partial charge in [-0.1, -0.05) is 0 Å². The van der Waals surface area contributed by atoms with Crippen LogP contribution in [0.25, 0.3) is 10.7 Å². The molecule has 0 saturated carbocycles. The SMILES string of the molecule is CCOC(=O)c1nc(-c2ccnc(C)n2)sc1C(C)=O. The fourth-order valence-corrected chi connectivity index (χ4v) is 2.50. The van der Waals surface area contributed by atoms with Crippen molar-refractivity contribution in [2.45, 2.75) is 20.8 Å². The van der Waals surface area contributed by atoms with Crippen LogP contribution in [0.1, 0.15) is 39.8 Å². The fraction of sp³-hybridized carbons (Fsp3) is 0.308. The third-order valence-electron chi connectivity index (χ3n) is 2.41. The van der Waals surface area contributed by atoms with E-state index in [0.29, 0.717) is 16.5 Å². The monoisotopic (exact) mass is 291 g/mol. The van der Waals surface area contributed by atoms with Gasteiger partial charge in [-0.15, -0.1) is 11.3 Å². The van der Waals surface area contributed by atoms with Crippen LogP contribution in [0.4, 0.5) is 0 Å². The molecule has 20 heavy (non-hydrogen) atoms. The van der Waals surface area contributed by atoms with E-state index < -0.39 is 5.97 Å². The molecule has 7 heteroatoms. The van der Waals surface area contributed by atoms with Crippen LogP contribution in [-0.2, 0) is 4.74 Å². The van der Waals surface area contributed by atoms with E-state index in [0.717, 1.165) is 11.3 Å². The molecule has 0 aromatic carbocycles. The van der Waals surface area contributed by atoms with E-state index in [4.69, 9.17) is 4.74 Å². The second-order valence-corrected chi connectivity index (χ2v) is 4.96. The Morgan fingerprint density at radius 2 is 2.10 bits per heavy atom. The number of Topliss-reactive ketones (excluding diaryl/α,β-unsaturated/α-hetero) is 1.